The maximum Gasteiger partial charge on any atom is 0.0522 e. The maximum atomic E-state index is 2.48. The third kappa shape index (κ3) is 1.52. The van der Waals surface area contributed by atoms with Crippen LogP contribution in [0.3, 0.4) is 0 Å². The first-order chi connectivity index (χ1) is 6.54. The molecule has 1 saturated heterocycles. The smallest absolute Gasteiger partial charge is 0.0522 e. The van der Waals surface area contributed by atoms with Crippen LogP contribution in [0.15, 0.2) is 18.2 Å². The van der Waals surface area contributed by atoms with Crippen molar-refractivity contribution in [2.75, 3.05) is 11.4 Å². The summed E-state index contributed by atoms with van der Waals surface area (Å²) in [6.45, 7) is 10.2. The molecule has 0 radical (unpaired) electrons. The van der Waals surface area contributed by atoms with Crippen LogP contribution < -0.4 is 4.90 Å². The minimum atomic E-state index is 0.388. The van der Waals surface area contributed by atoms with Crippen LogP contribution >= 0.6 is 0 Å². The minimum absolute atomic E-state index is 0.388. The molecule has 0 unspecified atom stereocenters. The van der Waals surface area contributed by atoms with Crippen molar-refractivity contribution in [3.63, 3.8) is 0 Å². The normalized spacial score (nSPS) is 18.4. The van der Waals surface area contributed by atoms with Crippen LogP contribution in [0.25, 0.3) is 0 Å². The summed E-state index contributed by atoms with van der Waals surface area (Å²) in [4.78, 5) is 2.48. The molecule has 0 atom stereocenters. The predicted molar refractivity (Wildman–Crippen MR) is 62.0 cm³/mol. The van der Waals surface area contributed by atoms with Crippen molar-refractivity contribution in [2.45, 2.75) is 39.7 Å². The molecule has 76 valence electrons. The zero-order chi connectivity index (χ0) is 10.3. The summed E-state index contributed by atoms with van der Waals surface area (Å²) in [6.07, 6.45) is 1.13. The van der Waals surface area contributed by atoms with Gasteiger partial charge >= 0.3 is 0 Å². The van der Waals surface area contributed by atoms with Crippen molar-refractivity contribution in [2.24, 2.45) is 0 Å². The van der Waals surface area contributed by atoms with Gasteiger partial charge in [0, 0.05) is 12.2 Å². The van der Waals surface area contributed by atoms with E-state index < -0.39 is 0 Å². The Hall–Kier alpha value is -0.980. The third-order valence-corrected chi connectivity index (χ3v) is 3.08. The molecule has 0 spiro atoms. The van der Waals surface area contributed by atoms with Gasteiger partial charge in [-0.15, -0.1) is 0 Å². The quantitative estimate of drug-likeness (QED) is 0.646. The Morgan fingerprint density at radius 1 is 1.36 bits per heavy atom. The van der Waals surface area contributed by atoms with E-state index in [4.69, 9.17) is 0 Å². The van der Waals surface area contributed by atoms with Crippen molar-refractivity contribution in [1.82, 2.24) is 0 Å². The molecule has 1 aromatic rings. The van der Waals surface area contributed by atoms with E-state index in [0.29, 0.717) is 5.54 Å². The zero-order valence-electron chi connectivity index (χ0n) is 9.59. The molecule has 1 aromatic carbocycles. The fourth-order valence-corrected chi connectivity index (χ4v) is 2.02. The van der Waals surface area contributed by atoms with Crippen molar-refractivity contribution in [1.29, 1.82) is 0 Å². The standard InChI is InChI=1S/C13H19N/c1-5-11-8-10(2)6-7-12(11)14-9-13(14,3)4/h6-8H,5,9H2,1-4H3. The molecule has 1 aliphatic heterocycles. The number of anilines is 1. The highest BCUT2D eigenvalue weighted by Gasteiger charge is 2.43. The number of hydrogen-bond acceptors (Lipinski definition) is 1. The van der Waals surface area contributed by atoms with Gasteiger partial charge in [0.15, 0.2) is 0 Å². The summed E-state index contributed by atoms with van der Waals surface area (Å²) in [6, 6.07) is 6.79. The molecule has 14 heavy (non-hydrogen) atoms. The second-order valence-corrected chi connectivity index (χ2v) is 4.88. The minimum Gasteiger partial charge on any atom is -0.362 e. The van der Waals surface area contributed by atoms with Gasteiger partial charge in [0.25, 0.3) is 0 Å². The van der Waals surface area contributed by atoms with Gasteiger partial charge in [-0.25, -0.2) is 0 Å². The average Bonchev–Trinajstić information content (AvgIpc) is 2.74. The van der Waals surface area contributed by atoms with Crippen LogP contribution in [0.4, 0.5) is 5.69 Å². The van der Waals surface area contributed by atoms with Gasteiger partial charge in [-0.1, -0.05) is 24.6 Å². The Balaban J connectivity index is 2.35. The lowest BCUT2D eigenvalue weighted by molar-refractivity contribution is 0.816. The highest BCUT2D eigenvalue weighted by atomic mass is 15.3. The zero-order valence-corrected chi connectivity index (χ0v) is 9.59. The summed E-state index contributed by atoms with van der Waals surface area (Å²) >= 11 is 0. The molecule has 0 amide bonds. The fourth-order valence-electron chi connectivity index (χ4n) is 2.02. The number of rotatable bonds is 2. The summed E-state index contributed by atoms with van der Waals surface area (Å²) in [5, 5.41) is 0. The summed E-state index contributed by atoms with van der Waals surface area (Å²) in [7, 11) is 0. The van der Waals surface area contributed by atoms with E-state index in [1.54, 1.807) is 0 Å². The second-order valence-electron chi connectivity index (χ2n) is 4.88. The molecule has 2 rings (SSSR count). The van der Waals surface area contributed by atoms with E-state index in [0.717, 1.165) is 6.42 Å². The molecule has 0 N–H and O–H groups in total. The molecule has 1 heterocycles. The largest absolute Gasteiger partial charge is 0.362 e. The van der Waals surface area contributed by atoms with E-state index in [2.05, 4.69) is 50.8 Å². The first kappa shape index (κ1) is 9.57. The Morgan fingerprint density at radius 2 is 2.00 bits per heavy atom. The van der Waals surface area contributed by atoms with E-state index in [1.807, 2.05) is 0 Å². The molecule has 0 saturated carbocycles. The Morgan fingerprint density at radius 3 is 2.50 bits per heavy atom. The van der Waals surface area contributed by atoms with E-state index >= 15 is 0 Å². The molecular formula is C13H19N. The summed E-state index contributed by atoms with van der Waals surface area (Å²) < 4.78 is 0. The molecule has 1 fully saturated rings. The lowest BCUT2D eigenvalue weighted by atomic mass is 10.1. The van der Waals surface area contributed by atoms with Crippen molar-refractivity contribution in [3.05, 3.63) is 29.3 Å². The van der Waals surface area contributed by atoms with Crippen LogP contribution in [0.2, 0.25) is 0 Å². The molecule has 1 aliphatic rings. The SMILES string of the molecule is CCc1cc(C)ccc1N1CC1(C)C. The van der Waals surface area contributed by atoms with Gasteiger partial charge in [-0.2, -0.15) is 0 Å². The highest BCUT2D eigenvalue weighted by Crippen LogP contribution is 2.39. The van der Waals surface area contributed by atoms with Gasteiger partial charge in [0.05, 0.1) is 5.54 Å². The Labute approximate surface area is 86.7 Å². The van der Waals surface area contributed by atoms with Gasteiger partial charge < -0.3 is 4.90 Å². The molecule has 0 bridgehead atoms. The maximum absolute atomic E-state index is 2.48. The second kappa shape index (κ2) is 3.01. The molecule has 0 aromatic heterocycles. The van der Waals surface area contributed by atoms with E-state index in [1.165, 1.54) is 23.4 Å². The van der Waals surface area contributed by atoms with Crippen molar-refractivity contribution >= 4 is 5.69 Å². The van der Waals surface area contributed by atoms with Gasteiger partial charge in [0.2, 0.25) is 0 Å². The lowest BCUT2D eigenvalue weighted by Crippen LogP contribution is -2.09. The fraction of sp³-hybridized carbons (Fsp3) is 0.538. The van der Waals surface area contributed by atoms with Crippen LogP contribution in [-0.2, 0) is 6.42 Å². The van der Waals surface area contributed by atoms with Crippen LogP contribution in [0.5, 0.6) is 0 Å². The van der Waals surface area contributed by atoms with Gasteiger partial charge in [0.1, 0.15) is 0 Å². The molecular weight excluding hydrogens is 170 g/mol. The number of benzene rings is 1. The van der Waals surface area contributed by atoms with Crippen LogP contribution in [0.1, 0.15) is 31.9 Å². The first-order valence-corrected chi connectivity index (χ1v) is 5.42. The molecule has 1 heteroatoms. The van der Waals surface area contributed by atoms with Gasteiger partial charge in [-0.3, -0.25) is 0 Å². The predicted octanol–water partition coefficient (Wildman–Crippen LogP) is 3.16. The van der Waals surface area contributed by atoms with Gasteiger partial charge in [-0.05, 0) is 38.8 Å². The van der Waals surface area contributed by atoms with Crippen molar-refractivity contribution < 1.29 is 0 Å². The number of hydrogen-bond donors (Lipinski definition) is 0. The third-order valence-electron chi connectivity index (χ3n) is 3.08. The molecule has 0 aliphatic carbocycles. The number of aryl methyl sites for hydroxylation is 2. The average molecular weight is 189 g/mol. The topological polar surface area (TPSA) is 3.01 Å². The Bertz CT molecular complexity index is 352. The monoisotopic (exact) mass is 189 g/mol. The summed E-state index contributed by atoms with van der Waals surface area (Å²) in [5.74, 6) is 0. The van der Waals surface area contributed by atoms with Crippen LogP contribution in [0, 0.1) is 6.92 Å². The first-order valence-electron chi connectivity index (χ1n) is 5.42. The van der Waals surface area contributed by atoms with Crippen molar-refractivity contribution in [3.8, 4) is 0 Å². The molecule has 1 nitrogen and oxygen atoms in total. The highest BCUT2D eigenvalue weighted by molar-refractivity contribution is 5.62. The van der Waals surface area contributed by atoms with E-state index in [-0.39, 0.29) is 0 Å². The van der Waals surface area contributed by atoms with Crippen LogP contribution in [-0.4, -0.2) is 12.1 Å². The Kier molecular flexibility index (Phi) is 2.06. The van der Waals surface area contributed by atoms with E-state index in [9.17, 15) is 0 Å². The summed E-state index contributed by atoms with van der Waals surface area (Å²) in [5.41, 5.74) is 4.67. The number of nitrogens with zero attached hydrogens (tertiary/aromatic N) is 1. The lowest BCUT2D eigenvalue weighted by Gasteiger charge is -2.13.